The molecule has 4 rings (SSSR count). The molecule has 0 fully saturated rings. The standard InChI is InChI=1S/C21H20N6O2/c1-12-3-8-17(29-2)16(11-12)25-21(28)24-14-6-4-13(5-7-14)15-9-10-23-20-18(15)19(22)26-27-20/h3-11H,1-2H3,(H2,24,25,28)(H3,22,23,26,27). The molecule has 0 saturated carbocycles. The molecule has 2 amide bonds. The van der Waals surface area contributed by atoms with Gasteiger partial charge in [-0.15, -0.1) is 0 Å². The number of nitrogens with zero attached hydrogens (tertiary/aromatic N) is 2. The lowest BCUT2D eigenvalue weighted by atomic mass is 10.0. The van der Waals surface area contributed by atoms with Crippen molar-refractivity contribution in [3.05, 3.63) is 60.3 Å². The maximum Gasteiger partial charge on any atom is 0.323 e. The number of urea groups is 1. The molecule has 0 bridgehead atoms. The number of hydrogen-bond acceptors (Lipinski definition) is 5. The van der Waals surface area contributed by atoms with Gasteiger partial charge in [-0.25, -0.2) is 9.78 Å². The molecule has 0 spiro atoms. The van der Waals surface area contributed by atoms with Crippen molar-refractivity contribution in [2.45, 2.75) is 6.92 Å². The van der Waals surface area contributed by atoms with Crippen LogP contribution in [-0.2, 0) is 0 Å². The highest BCUT2D eigenvalue weighted by Crippen LogP contribution is 2.31. The van der Waals surface area contributed by atoms with Gasteiger partial charge in [0.2, 0.25) is 0 Å². The van der Waals surface area contributed by atoms with Crippen molar-refractivity contribution in [1.82, 2.24) is 15.2 Å². The van der Waals surface area contributed by atoms with Gasteiger partial charge >= 0.3 is 6.03 Å². The summed E-state index contributed by atoms with van der Waals surface area (Å²) in [6.07, 6.45) is 1.69. The number of fused-ring (bicyclic) bond motifs is 1. The third kappa shape index (κ3) is 3.68. The Morgan fingerprint density at radius 2 is 1.90 bits per heavy atom. The lowest BCUT2D eigenvalue weighted by molar-refractivity contribution is 0.262. The second kappa shape index (κ2) is 7.51. The highest BCUT2D eigenvalue weighted by Gasteiger charge is 2.12. The second-order valence-electron chi connectivity index (χ2n) is 6.55. The fourth-order valence-electron chi connectivity index (χ4n) is 3.15. The van der Waals surface area contributed by atoms with Crippen molar-refractivity contribution in [2.75, 3.05) is 23.5 Å². The number of nitrogens with one attached hydrogen (secondary N) is 3. The van der Waals surface area contributed by atoms with Gasteiger partial charge in [-0.2, -0.15) is 5.10 Å². The number of carbonyl (C=O) groups excluding carboxylic acids is 1. The van der Waals surface area contributed by atoms with Gasteiger partial charge in [-0.1, -0.05) is 18.2 Å². The number of aryl methyl sites for hydroxylation is 1. The van der Waals surface area contributed by atoms with E-state index in [1.165, 1.54) is 0 Å². The molecule has 0 unspecified atom stereocenters. The van der Waals surface area contributed by atoms with Gasteiger partial charge in [0.15, 0.2) is 5.65 Å². The first kappa shape index (κ1) is 18.3. The maximum absolute atomic E-state index is 12.4. The zero-order valence-corrected chi connectivity index (χ0v) is 16.0. The number of carbonyl (C=O) groups is 1. The average molecular weight is 388 g/mol. The summed E-state index contributed by atoms with van der Waals surface area (Å²) in [4.78, 5) is 16.6. The third-order valence-corrected chi connectivity index (χ3v) is 4.54. The van der Waals surface area contributed by atoms with Crippen LogP contribution in [-0.4, -0.2) is 28.3 Å². The fraction of sp³-hybridized carbons (Fsp3) is 0.0952. The molecule has 0 aliphatic heterocycles. The summed E-state index contributed by atoms with van der Waals surface area (Å²) >= 11 is 0. The molecule has 0 atom stereocenters. The van der Waals surface area contributed by atoms with Crippen molar-refractivity contribution >= 4 is 34.3 Å². The van der Waals surface area contributed by atoms with Crippen LogP contribution in [0.4, 0.5) is 22.0 Å². The topological polar surface area (TPSA) is 118 Å². The summed E-state index contributed by atoms with van der Waals surface area (Å²) in [7, 11) is 1.56. The number of ether oxygens (including phenoxy) is 1. The van der Waals surface area contributed by atoms with Gasteiger partial charge in [0.1, 0.15) is 11.6 Å². The normalized spacial score (nSPS) is 10.7. The smallest absolute Gasteiger partial charge is 0.323 e. The first-order valence-electron chi connectivity index (χ1n) is 8.97. The average Bonchev–Trinajstić information content (AvgIpc) is 3.10. The number of aromatic nitrogens is 3. The van der Waals surface area contributed by atoms with E-state index in [4.69, 9.17) is 10.5 Å². The number of amides is 2. The summed E-state index contributed by atoms with van der Waals surface area (Å²) in [5.74, 6) is 1.07. The van der Waals surface area contributed by atoms with Crippen LogP contribution in [0.5, 0.6) is 5.75 Å². The Balaban J connectivity index is 1.52. The number of rotatable bonds is 4. The molecule has 29 heavy (non-hydrogen) atoms. The van der Waals surface area contributed by atoms with Gasteiger partial charge in [-0.05, 0) is 53.9 Å². The quantitative estimate of drug-likeness (QED) is 0.418. The summed E-state index contributed by atoms with van der Waals surface area (Å²) in [6, 6.07) is 14.6. The van der Waals surface area contributed by atoms with Gasteiger partial charge in [0.05, 0.1) is 18.2 Å². The van der Waals surface area contributed by atoms with Crippen molar-refractivity contribution in [3.63, 3.8) is 0 Å². The molecule has 8 heteroatoms. The number of nitrogen functional groups attached to an aromatic ring is 1. The van der Waals surface area contributed by atoms with Crippen LogP contribution in [0.15, 0.2) is 54.7 Å². The molecular weight excluding hydrogens is 368 g/mol. The van der Waals surface area contributed by atoms with E-state index in [1.807, 2.05) is 55.5 Å². The van der Waals surface area contributed by atoms with E-state index in [-0.39, 0.29) is 6.03 Å². The van der Waals surface area contributed by atoms with Crippen molar-refractivity contribution in [3.8, 4) is 16.9 Å². The van der Waals surface area contributed by atoms with E-state index in [0.29, 0.717) is 28.6 Å². The molecule has 4 aromatic rings. The first-order chi connectivity index (χ1) is 14.0. The van der Waals surface area contributed by atoms with Crippen LogP contribution in [0.3, 0.4) is 0 Å². The number of benzene rings is 2. The summed E-state index contributed by atoms with van der Waals surface area (Å²) in [5.41, 5.74) is 10.7. The van der Waals surface area contributed by atoms with Crippen LogP contribution < -0.4 is 21.1 Å². The molecule has 0 aliphatic carbocycles. The molecule has 0 aliphatic rings. The molecule has 2 aromatic carbocycles. The molecule has 0 radical (unpaired) electrons. The Labute approximate surface area is 167 Å². The molecule has 5 N–H and O–H groups in total. The molecule has 2 aromatic heterocycles. The Morgan fingerprint density at radius 3 is 2.66 bits per heavy atom. The SMILES string of the molecule is COc1ccc(C)cc1NC(=O)Nc1ccc(-c2ccnc3n[nH]c(N)c23)cc1. The lowest BCUT2D eigenvalue weighted by Gasteiger charge is -2.12. The zero-order valence-electron chi connectivity index (χ0n) is 16.0. The van der Waals surface area contributed by atoms with Crippen LogP contribution in [0.2, 0.25) is 0 Å². The molecule has 0 saturated heterocycles. The number of methoxy groups -OCH3 is 1. The first-order valence-corrected chi connectivity index (χ1v) is 8.97. The Hall–Kier alpha value is -4.07. The van der Waals surface area contributed by atoms with E-state index >= 15 is 0 Å². The number of hydrogen-bond donors (Lipinski definition) is 4. The van der Waals surface area contributed by atoms with E-state index in [1.54, 1.807) is 13.3 Å². The predicted molar refractivity (Wildman–Crippen MR) is 114 cm³/mol. The van der Waals surface area contributed by atoms with Crippen molar-refractivity contribution in [2.24, 2.45) is 0 Å². The summed E-state index contributed by atoms with van der Waals surface area (Å²) in [6.45, 7) is 1.95. The minimum absolute atomic E-state index is 0.355. The van der Waals surface area contributed by atoms with E-state index in [0.717, 1.165) is 22.1 Å². The fourth-order valence-corrected chi connectivity index (χ4v) is 3.15. The Bertz CT molecular complexity index is 1180. The minimum atomic E-state index is -0.355. The van der Waals surface area contributed by atoms with E-state index < -0.39 is 0 Å². The minimum Gasteiger partial charge on any atom is -0.495 e. The zero-order chi connectivity index (χ0) is 20.4. The largest absolute Gasteiger partial charge is 0.495 e. The second-order valence-corrected chi connectivity index (χ2v) is 6.55. The van der Waals surface area contributed by atoms with Gasteiger partial charge < -0.3 is 21.1 Å². The van der Waals surface area contributed by atoms with Crippen molar-refractivity contribution in [1.29, 1.82) is 0 Å². The Kier molecular flexibility index (Phi) is 4.74. The molecular formula is C21H20N6O2. The third-order valence-electron chi connectivity index (χ3n) is 4.54. The lowest BCUT2D eigenvalue weighted by Crippen LogP contribution is -2.19. The monoisotopic (exact) mass is 388 g/mol. The van der Waals surface area contributed by atoms with Gasteiger partial charge in [0, 0.05) is 11.9 Å². The number of aromatic amines is 1. The van der Waals surface area contributed by atoms with Gasteiger partial charge in [-0.3, -0.25) is 5.10 Å². The van der Waals surface area contributed by atoms with Crippen LogP contribution in [0, 0.1) is 6.92 Å². The highest BCUT2D eigenvalue weighted by molar-refractivity contribution is 6.02. The van der Waals surface area contributed by atoms with Crippen molar-refractivity contribution < 1.29 is 9.53 Å². The molecule has 2 heterocycles. The highest BCUT2D eigenvalue weighted by atomic mass is 16.5. The van der Waals surface area contributed by atoms with Gasteiger partial charge in [0.25, 0.3) is 0 Å². The van der Waals surface area contributed by atoms with Crippen LogP contribution in [0.25, 0.3) is 22.2 Å². The Morgan fingerprint density at radius 1 is 1.10 bits per heavy atom. The molecule has 146 valence electrons. The van der Waals surface area contributed by atoms with E-state index in [9.17, 15) is 4.79 Å². The number of anilines is 3. The summed E-state index contributed by atoms with van der Waals surface area (Å²) < 4.78 is 5.29. The maximum atomic E-state index is 12.4. The van der Waals surface area contributed by atoms with Crippen LogP contribution >= 0.6 is 0 Å². The number of H-pyrrole nitrogens is 1. The summed E-state index contributed by atoms with van der Waals surface area (Å²) in [5, 5.41) is 13.2. The number of nitrogens with two attached hydrogens (primary N) is 1. The van der Waals surface area contributed by atoms with Crippen LogP contribution in [0.1, 0.15) is 5.56 Å². The van der Waals surface area contributed by atoms with E-state index in [2.05, 4.69) is 25.8 Å². The number of pyridine rings is 1. The predicted octanol–water partition coefficient (Wildman–Crippen LogP) is 4.17. The molecule has 8 nitrogen and oxygen atoms in total.